The van der Waals surface area contributed by atoms with Gasteiger partial charge in [-0.1, -0.05) is 30.7 Å². The Kier molecular flexibility index (Phi) is 7.07. The first-order chi connectivity index (χ1) is 13.8. The first kappa shape index (κ1) is 21.5. The third-order valence-electron chi connectivity index (χ3n) is 5.71. The molecule has 156 valence electrons. The number of hydrogen-bond acceptors (Lipinski definition) is 3. The fourth-order valence-corrected chi connectivity index (χ4v) is 3.72. The van der Waals surface area contributed by atoms with Gasteiger partial charge in [-0.15, -0.1) is 0 Å². The fraction of sp³-hybridized carbons (Fsp3) is 0.458. The molecular formula is C24H31ClN2O2. The van der Waals surface area contributed by atoms with Crippen molar-refractivity contribution in [3.8, 4) is 5.75 Å². The Balaban J connectivity index is 1.55. The smallest absolute Gasteiger partial charge is 0.261 e. The molecule has 0 unspecified atom stereocenters. The number of carbonyl (C=O) groups is 1. The van der Waals surface area contributed by atoms with Crippen LogP contribution in [0.4, 0.5) is 5.69 Å². The molecule has 0 aliphatic carbocycles. The number of anilines is 1. The van der Waals surface area contributed by atoms with E-state index >= 15 is 0 Å². The van der Waals surface area contributed by atoms with E-state index in [2.05, 4.69) is 41.4 Å². The number of halogens is 1. The lowest BCUT2D eigenvalue weighted by molar-refractivity contribution is -0.127. The largest absolute Gasteiger partial charge is 0.481 e. The molecule has 4 nitrogen and oxygen atoms in total. The lowest BCUT2D eigenvalue weighted by atomic mass is 9.98. The zero-order valence-electron chi connectivity index (χ0n) is 17.7. The van der Waals surface area contributed by atoms with Crippen molar-refractivity contribution >= 4 is 23.2 Å². The summed E-state index contributed by atoms with van der Waals surface area (Å²) in [4.78, 5) is 15.0. The van der Waals surface area contributed by atoms with Crippen LogP contribution >= 0.6 is 11.6 Å². The van der Waals surface area contributed by atoms with E-state index in [4.69, 9.17) is 16.3 Å². The van der Waals surface area contributed by atoms with Crippen LogP contribution in [0.2, 0.25) is 5.02 Å². The second-order valence-corrected chi connectivity index (χ2v) is 8.57. The van der Waals surface area contributed by atoms with Gasteiger partial charge >= 0.3 is 0 Å². The Morgan fingerprint density at radius 2 is 1.79 bits per heavy atom. The molecule has 3 rings (SSSR count). The van der Waals surface area contributed by atoms with Crippen molar-refractivity contribution < 1.29 is 9.53 Å². The first-order valence-electron chi connectivity index (χ1n) is 10.4. The lowest BCUT2D eigenvalue weighted by Crippen LogP contribution is -2.37. The second kappa shape index (κ2) is 9.53. The van der Waals surface area contributed by atoms with Gasteiger partial charge in [-0.2, -0.15) is 0 Å². The minimum absolute atomic E-state index is 0.0871. The number of carbonyl (C=O) groups excluding carboxylic acids is 1. The molecule has 1 aliphatic rings. The van der Waals surface area contributed by atoms with Crippen LogP contribution in [0, 0.1) is 12.8 Å². The van der Waals surface area contributed by atoms with Gasteiger partial charge in [-0.25, -0.2) is 0 Å². The highest BCUT2D eigenvalue weighted by atomic mass is 35.5. The molecule has 1 heterocycles. The van der Waals surface area contributed by atoms with Crippen LogP contribution < -0.4 is 15.0 Å². The Bertz CT molecular complexity index is 829. The van der Waals surface area contributed by atoms with Crippen molar-refractivity contribution in [1.29, 1.82) is 0 Å². The van der Waals surface area contributed by atoms with E-state index in [9.17, 15) is 4.79 Å². The number of benzene rings is 2. The summed E-state index contributed by atoms with van der Waals surface area (Å²) >= 11 is 6.05. The van der Waals surface area contributed by atoms with Gasteiger partial charge in [0.2, 0.25) is 0 Å². The highest BCUT2D eigenvalue weighted by molar-refractivity contribution is 6.31. The van der Waals surface area contributed by atoms with Gasteiger partial charge < -0.3 is 15.0 Å². The monoisotopic (exact) mass is 414 g/mol. The molecule has 0 bridgehead atoms. The van der Waals surface area contributed by atoms with E-state index in [1.54, 1.807) is 19.1 Å². The predicted molar refractivity (Wildman–Crippen MR) is 120 cm³/mol. The number of piperidine rings is 1. The molecule has 2 aromatic carbocycles. The highest BCUT2D eigenvalue weighted by Gasteiger charge is 2.19. The number of aryl methyl sites for hydroxylation is 1. The summed E-state index contributed by atoms with van der Waals surface area (Å²) < 4.78 is 5.78. The molecule has 1 N–H and O–H groups in total. The molecule has 5 heteroatoms. The van der Waals surface area contributed by atoms with Gasteiger partial charge in [0.1, 0.15) is 5.75 Å². The van der Waals surface area contributed by atoms with Gasteiger partial charge in [0, 0.05) is 23.8 Å². The van der Waals surface area contributed by atoms with Crippen molar-refractivity contribution in [2.75, 3.05) is 18.0 Å². The van der Waals surface area contributed by atoms with Crippen LogP contribution in [0.3, 0.4) is 0 Å². The summed E-state index contributed by atoms with van der Waals surface area (Å²) in [6.45, 7) is 10.2. The van der Waals surface area contributed by atoms with Crippen molar-refractivity contribution in [1.82, 2.24) is 5.32 Å². The van der Waals surface area contributed by atoms with Crippen LogP contribution in [0.1, 0.15) is 50.8 Å². The minimum Gasteiger partial charge on any atom is -0.481 e. The molecule has 29 heavy (non-hydrogen) atoms. The number of amides is 1. The zero-order valence-corrected chi connectivity index (χ0v) is 18.5. The maximum absolute atomic E-state index is 12.6. The fourth-order valence-electron chi connectivity index (χ4n) is 3.60. The summed E-state index contributed by atoms with van der Waals surface area (Å²) in [5, 5.41) is 3.73. The highest BCUT2D eigenvalue weighted by Crippen LogP contribution is 2.25. The Morgan fingerprint density at radius 3 is 2.41 bits per heavy atom. The second-order valence-electron chi connectivity index (χ2n) is 8.16. The van der Waals surface area contributed by atoms with Gasteiger partial charge in [-0.05, 0) is 81.0 Å². The number of nitrogens with one attached hydrogen (secondary N) is 1. The molecule has 0 spiro atoms. The molecule has 2 atom stereocenters. The molecule has 1 fully saturated rings. The molecule has 0 radical (unpaired) electrons. The molecule has 1 saturated heterocycles. The molecule has 1 amide bonds. The van der Waals surface area contributed by atoms with E-state index in [0.29, 0.717) is 10.8 Å². The van der Waals surface area contributed by atoms with Gasteiger partial charge in [-0.3, -0.25) is 4.79 Å². The summed E-state index contributed by atoms with van der Waals surface area (Å²) in [5.74, 6) is 1.32. The number of nitrogens with zero attached hydrogens (tertiary/aromatic N) is 1. The lowest BCUT2D eigenvalue weighted by Gasteiger charge is -2.32. The van der Waals surface area contributed by atoms with Gasteiger partial charge in [0.15, 0.2) is 6.10 Å². The number of rotatable bonds is 6. The van der Waals surface area contributed by atoms with Crippen LogP contribution in [0.5, 0.6) is 5.75 Å². The van der Waals surface area contributed by atoms with Gasteiger partial charge in [0.25, 0.3) is 5.91 Å². The third-order valence-corrected chi connectivity index (χ3v) is 6.14. The van der Waals surface area contributed by atoms with Crippen LogP contribution in [-0.4, -0.2) is 25.1 Å². The third kappa shape index (κ3) is 5.66. The Morgan fingerprint density at radius 1 is 1.14 bits per heavy atom. The van der Waals surface area contributed by atoms with Crippen molar-refractivity contribution in [2.45, 2.75) is 52.7 Å². The summed E-state index contributed by atoms with van der Waals surface area (Å²) in [7, 11) is 0. The quantitative estimate of drug-likeness (QED) is 0.675. The van der Waals surface area contributed by atoms with Crippen LogP contribution in [0.25, 0.3) is 0 Å². The van der Waals surface area contributed by atoms with Crippen molar-refractivity contribution in [2.24, 2.45) is 5.92 Å². The maximum Gasteiger partial charge on any atom is 0.261 e. The SMILES string of the molecule is Cc1cc(O[C@@H](C)C(=O)N[C@H](C)c2ccc(N3CCC(C)CC3)cc2)ccc1Cl. The molecule has 2 aromatic rings. The zero-order chi connectivity index (χ0) is 21.0. The summed E-state index contributed by atoms with van der Waals surface area (Å²) in [5.41, 5.74) is 3.27. The number of hydrogen-bond donors (Lipinski definition) is 1. The standard InChI is InChI=1S/C24H31ClN2O2/c1-16-11-13-27(14-12-16)21-7-5-20(6-8-21)18(3)26-24(28)19(4)29-22-9-10-23(25)17(2)15-22/h5-10,15-16,18-19H,11-14H2,1-4H3,(H,26,28)/t18-,19+/m1/s1. The maximum atomic E-state index is 12.6. The summed E-state index contributed by atoms with van der Waals surface area (Å²) in [6.07, 6.45) is 1.91. The van der Waals surface area contributed by atoms with E-state index in [1.807, 2.05) is 19.9 Å². The minimum atomic E-state index is -0.590. The van der Waals surface area contributed by atoms with E-state index in [0.717, 1.165) is 30.1 Å². The van der Waals surface area contributed by atoms with Crippen LogP contribution in [0.15, 0.2) is 42.5 Å². The van der Waals surface area contributed by atoms with E-state index in [-0.39, 0.29) is 11.9 Å². The molecule has 1 aliphatic heterocycles. The average Bonchev–Trinajstić information content (AvgIpc) is 2.71. The summed E-state index contributed by atoms with van der Waals surface area (Å²) in [6, 6.07) is 13.8. The first-order valence-corrected chi connectivity index (χ1v) is 10.8. The van der Waals surface area contributed by atoms with E-state index in [1.165, 1.54) is 18.5 Å². The van der Waals surface area contributed by atoms with Crippen LogP contribution in [-0.2, 0) is 4.79 Å². The Labute approximate surface area is 179 Å². The average molecular weight is 415 g/mol. The molecule has 0 saturated carbocycles. The van der Waals surface area contributed by atoms with Gasteiger partial charge in [0.05, 0.1) is 6.04 Å². The van der Waals surface area contributed by atoms with Crippen molar-refractivity contribution in [3.63, 3.8) is 0 Å². The molecular weight excluding hydrogens is 384 g/mol. The van der Waals surface area contributed by atoms with E-state index < -0.39 is 6.10 Å². The molecule has 0 aromatic heterocycles. The Hall–Kier alpha value is -2.20. The normalized spacial score (nSPS) is 16.9. The number of ether oxygens (including phenoxy) is 1. The predicted octanol–water partition coefficient (Wildman–Crippen LogP) is 5.53. The topological polar surface area (TPSA) is 41.6 Å². The van der Waals surface area contributed by atoms with Crippen molar-refractivity contribution in [3.05, 3.63) is 58.6 Å².